The van der Waals surface area contributed by atoms with E-state index in [4.69, 9.17) is 10.8 Å². The monoisotopic (exact) mass is 134 g/mol. The Hall–Kier alpha value is -1.16. The van der Waals surface area contributed by atoms with Crippen molar-refractivity contribution in [1.82, 2.24) is 0 Å². The first kappa shape index (κ1) is 6.95. The van der Waals surface area contributed by atoms with Crippen LogP contribution in [0.2, 0.25) is 0 Å². The molecule has 0 amide bonds. The first-order valence-corrected chi connectivity index (χ1v) is 3.42. The lowest BCUT2D eigenvalue weighted by atomic mass is 10.3. The van der Waals surface area contributed by atoms with Crippen LogP contribution in [0.25, 0.3) is 0 Å². The molecule has 1 rings (SSSR count). The zero-order valence-corrected chi connectivity index (χ0v) is 6.05. The molecule has 1 aromatic heterocycles. The first-order chi connectivity index (χ1) is 4.86. The Labute approximate surface area is 61.0 Å². The molecule has 0 saturated carbocycles. The highest BCUT2D eigenvalue weighted by Gasteiger charge is 1.96. The molecule has 0 aliphatic heterocycles. The zero-order valence-electron chi connectivity index (χ0n) is 6.05. The first-order valence-electron chi connectivity index (χ1n) is 3.42. The molecule has 1 heteroatoms. The molecule has 10 heavy (non-hydrogen) atoms. The fourth-order valence-corrected chi connectivity index (χ4v) is 0.836. The lowest BCUT2D eigenvalue weighted by Gasteiger charge is -1.87. The summed E-state index contributed by atoms with van der Waals surface area (Å²) in [6, 6.07) is 3.75. The maximum absolute atomic E-state index is 5.24. The van der Waals surface area contributed by atoms with Crippen LogP contribution < -0.4 is 0 Å². The van der Waals surface area contributed by atoms with E-state index in [2.05, 4.69) is 12.8 Å². The third kappa shape index (κ3) is 1.41. The maximum Gasteiger partial charge on any atom is 0.176 e. The summed E-state index contributed by atoms with van der Waals surface area (Å²) >= 11 is 0. The Balaban J connectivity index is 2.71. The van der Waals surface area contributed by atoms with Gasteiger partial charge < -0.3 is 4.42 Å². The molecule has 0 saturated heterocycles. The van der Waals surface area contributed by atoms with Crippen LogP contribution in [-0.2, 0) is 6.42 Å². The van der Waals surface area contributed by atoms with E-state index in [-0.39, 0.29) is 0 Å². The van der Waals surface area contributed by atoms with Crippen LogP contribution in [0.4, 0.5) is 0 Å². The summed E-state index contributed by atoms with van der Waals surface area (Å²) in [5.41, 5.74) is 0. The third-order valence-electron chi connectivity index (χ3n) is 1.30. The summed E-state index contributed by atoms with van der Waals surface area (Å²) in [6.07, 6.45) is 7.18. The van der Waals surface area contributed by atoms with Crippen molar-refractivity contribution in [3.63, 3.8) is 0 Å². The Morgan fingerprint density at radius 1 is 1.60 bits per heavy atom. The van der Waals surface area contributed by atoms with E-state index in [9.17, 15) is 0 Å². The van der Waals surface area contributed by atoms with E-state index < -0.39 is 0 Å². The highest BCUT2D eigenvalue weighted by atomic mass is 16.3. The van der Waals surface area contributed by atoms with Crippen molar-refractivity contribution in [2.75, 3.05) is 0 Å². The molecular weight excluding hydrogens is 124 g/mol. The second kappa shape index (κ2) is 3.12. The Morgan fingerprint density at radius 2 is 2.40 bits per heavy atom. The van der Waals surface area contributed by atoms with Gasteiger partial charge in [-0.3, -0.25) is 0 Å². The number of hydrogen-bond acceptors (Lipinski definition) is 1. The van der Waals surface area contributed by atoms with Gasteiger partial charge in [-0.1, -0.05) is 6.92 Å². The van der Waals surface area contributed by atoms with Gasteiger partial charge >= 0.3 is 0 Å². The second-order valence-corrected chi connectivity index (χ2v) is 2.16. The van der Waals surface area contributed by atoms with Crippen LogP contribution in [0.1, 0.15) is 24.9 Å². The van der Waals surface area contributed by atoms with Gasteiger partial charge in [0.15, 0.2) is 5.76 Å². The minimum atomic E-state index is 0.628. The minimum absolute atomic E-state index is 0.628. The van der Waals surface area contributed by atoms with Gasteiger partial charge in [0, 0.05) is 6.42 Å². The Bertz CT molecular complexity index is 239. The highest BCUT2D eigenvalue weighted by Crippen LogP contribution is 2.07. The second-order valence-electron chi connectivity index (χ2n) is 2.16. The molecule has 0 spiro atoms. The van der Waals surface area contributed by atoms with Crippen LogP contribution in [0, 0.1) is 12.3 Å². The molecule has 0 unspecified atom stereocenters. The van der Waals surface area contributed by atoms with Crippen molar-refractivity contribution >= 4 is 0 Å². The summed E-state index contributed by atoms with van der Waals surface area (Å²) in [5, 5.41) is 0. The molecule has 0 atom stereocenters. The van der Waals surface area contributed by atoms with Crippen molar-refractivity contribution in [2.45, 2.75) is 19.8 Å². The van der Waals surface area contributed by atoms with Gasteiger partial charge in [-0.15, -0.1) is 6.42 Å². The topological polar surface area (TPSA) is 13.1 Å². The average Bonchev–Trinajstić information content (AvgIpc) is 2.37. The van der Waals surface area contributed by atoms with Crippen molar-refractivity contribution in [2.24, 2.45) is 0 Å². The van der Waals surface area contributed by atoms with E-state index in [0.717, 1.165) is 18.6 Å². The van der Waals surface area contributed by atoms with Crippen LogP contribution in [0.5, 0.6) is 0 Å². The molecular formula is C9H10O. The standard InChI is InChI=1S/C9H10O/c1-3-5-9-7-6-8(4-2)10-9/h2,6-7H,3,5H2,1H3. The van der Waals surface area contributed by atoms with Crippen molar-refractivity contribution in [1.29, 1.82) is 0 Å². The van der Waals surface area contributed by atoms with Crippen molar-refractivity contribution in [3.05, 3.63) is 23.7 Å². The summed E-state index contributed by atoms with van der Waals surface area (Å²) in [7, 11) is 0. The fourth-order valence-electron chi connectivity index (χ4n) is 0.836. The molecule has 52 valence electrons. The lowest BCUT2D eigenvalue weighted by molar-refractivity contribution is 0.496. The zero-order chi connectivity index (χ0) is 7.40. The third-order valence-corrected chi connectivity index (χ3v) is 1.30. The number of rotatable bonds is 2. The average molecular weight is 134 g/mol. The Morgan fingerprint density at radius 3 is 2.90 bits per heavy atom. The molecule has 1 nitrogen and oxygen atoms in total. The van der Waals surface area contributed by atoms with Gasteiger partial charge in [-0.25, -0.2) is 0 Å². The van der Waals surface area contributed by atoms with Crippen molar-refractivity contribution < 1.29 is 4.42 Å². The van der Waals surface area contributed by atoms with Gasteiger partial charge in [0.05, 0.1) is 0 Å². The summed E-state index contributed by atoms with van der Waals surface area (Å²) in [4.78, 5) is 0. The molecule has 0 N–H and O–H groups in total. The molecule has 1 aromatic rings. The predicted octanol–water partition coefficient (Wildman–Crippen LogP) is 2.21. The lowest BCUT2D eigenvalue weighted by Crippen LogP contribution is -1.75. The molecule has 0 fully saturated rings. The number of aryl methyl sites for hydroxylation is 1. The van der Waals surface area contributed by atoms with Crippen LogP contribution in [-0.4, -0.2) is 0 Å². The van der Waals surface area contributed by atoms with Gasteiger partial charge in [0.2, 0.25) is 0 Å². The fraction of sp³-hybridized carbons (Fsp3) is 0.333. The van der Waals surface area contributed by atoms with E-state index in [0.29, 0.717) is 5.76 Å². The molecule has 0 radical (unpaired) electrons. The summed E-state index contributed by atoms with van der Waals surface area (Å²) in [5.74, 6) is 4.05. The number of furan rings is 1. The van der Waals surface area contributed by atoms with Gasteiger partial charge in [-0.05, 0) is 24.5 Å². The molecule has 0 aliphatic carbocycles. The maximum atomic E-state index is 5.24. The molecule has 0 aliphatic rings. The molecule has 1 heterocycles. The smallest absolute Gasteiger partial charge is 0.176 e. The Kier molecular flexibility index (Phi) is 2.17. The largest absolute Gasteiger partial charge is 0.453 e. The predicted molar refractivity (Wildman–Crippen MR) is 40.6 cm³/mol. The van der Waals surface area contributed by atoms with E-state index in [1.807, 2.05) is 12.1 Å². The summed E-state index contributed by atoms with van der Waals surface area (Å²) < 4.78 is 5.24. The van der Waals surface area contributed by atoms with Gasteiger partial charge in [0.1, 0.15) is 5.76 Å². The van der Waals surface area contributed by atoms with Gasteiger partial charge in [-0.2, -0.15) is 0 Å². The van der Waals surface area contributed by atoms with Crippen LogP contribution >= 0.6 is 0 Å². The van der Waals surface area contributed by atoms with Gasteiger partial charge in [0.25, 0.3) is 0 Å². The SMILES string of the molecule is C#Cc1ccc(CCC)o1. The quantitative estimate of drug-likeness (QED) is 0.565. The van der Waals surface area contributed by atoms with E-state index in [1.165, 1.54) is 0 Å². The number of terminal acetylenes is 1. The highest BCUT2D eigenvalue weighted by molar-refractivity contribution is 5.22. The molecule has 0 bridgehead atoms. The van der Waals surface area contributed by atoms with E-state index in [1.54, 1.807) is 0 Å². The minimum Gasteiger partial charge on any atom is -0.453 e. The molecule has 0 aromatic carbocycles. The van der Waals surface area contributed by atoms with Crippen LogP contribution in [0.3, 0.4) is 0 Å². The summed E-state index contributed by atoms with van der Waals surface area (Å²) in [6.45, 7) is 2.11. The normalized spacial score (nSPS) is 9.20. The van der Waals surface area contributed by atoms with Crippen LogP contribution in [0.15, 0.2) is 16.5 Å². The van der Waals surface area contributed by atoms with E-state index >= 15 is 0 Å². The van der Waals surface area contributed by atoms with Crippen molar-refractivity contribution in [3.8, 4) is 12.3 Å². The number of hydrogen-bond donors (Lipinski definition) is 0.